The molecule has 112 valence electrons. The summed E-state index contributed by atoms with van der Waals surface area (Å²) in [4.78, 5) is 15.5. The molecule has 0 spiro atoms. The maximum Gasteiger partial charge on any atom is 0.471 e. The number of aromatic nitrogens is 2. The number of carbonyl (C=O) groups excluding carboxylic acids is 1. The molecule has 1 N–H and O–H groups in total. The van der Waals surface area contributed by atoms with Crippen LogP contribution in [0.3, 0.4) is 0 Å². The van der Waals surface area contributed by atoms with Crippen molar-refractivity contribution in [2.45, 2.75) is 6.18 Å². The Labute approximate surface area is 123 Å². The van der Waals surface area contributed by atoms with Crippen LogP contribution in [0.2, 0.25) is 0 Å². The zero-order valence-electron chi connectivity index (χ0n) is 11.1. The zero-order chi connectivity index (χ0) is 15.7. The highest BCUT2D eigenvalue weighted by molar-refractivity contribution is 5.98. The number of pyridine rings is 1. The monoisotopic (exact) mass is 305 g/mol. The van der Waals surface area contributed by atoms with Crippen molar-refractivity contribution >= 4 is 17.2 Å². The van der Waals surface area contributed by atoms with Crippen molar-refractivity contribution in [1.82, 2.24) is 9.38 Å². The van der Waals surface area contributed by atoms with Gasteiger partial charge in [-0.2, -0.15) is 13.2 Å². The number of anilines is 1. The highest BCUT2D eigenvalue weighted by Gasteiger charge is 2.39. The summed E-state index contributed by atoms with van der Waals surface area (Å²) in [5.41, 5.74) is 1.62. The molecular formula is C15H10F3N3O. The molecular weight excluding hydrogens is 295 g/mol. The van der Waals surface area contributed by atoms with Gasteiger partial charge in [0.25, 0.3) is 0 Å². The molecule has 0 aliphatic heterocycles. The molecule has 0 saturated carbocycles. The van der Waals surface area contributed by atoms with Crippen LogP contribution in [0.25, 0.3) is 16.9 Å². The third-order valence-corrected chi connectivity index (χ3v) is 3.07. The lowest BCUT2D eigenvalue weighted by molar-refractivity contribution is -0.167. The van der Waals surface area contributed by atoms with Crippen molar-refractivity contribution in [3.8, 4) is 11.3 Å². The van der Waals surface area contributed by atoms with Gasteiger partial charge in [-0.3, -0.25) is 4.79 Å². The second-order valence-electron chi connectivity index (χ2n) is 4.59. The van der Waals surface area contributed by atoms with Crippen LogP contribution in [0, 0.1) is 0 Å². The van der Waals surface area contributed by atoms with Crippen LogP contribution in [0.4, 0.5) is 18.9 Å². The zero-order valence-corrected chi connectivity index (χ0v) is 11.1. The molecule has 0 atom stereocenters. The van der Waals surface area contributed by atoms with Crippen molar-refractivity contribution < 1.29 is 18.0 Å². The van der Waals surface area contributed by atoms with Crippen molar-refractivity contribution in [2.24, 2.45) is 0 Å². The van der Waals surface area contributed by atoms with Gasteiger partial charge in [-0.15, -0.1) is 0 Å². The minimum absolute atomic E-state index is 0.0632. The SMILES string of the molecule is O=C(Nc1ccccc1-c1cn2ccccc2n1)C(F)(F)F. The lowest BCUT2D eigenvalue weighted by Crippen LogP contribution is -2.30. The molecule has 0 fully saturated rings. The maximum absolute atomic E-state index is 12.4. The van der Waals surface area contributed by atoms with Gasteiger partial charge in [-0.05, 0) is 18.2 Å². The molecule has 0 radical (unpaired) electrons. The Balaban J connectivity index is 2.02. The van der Waals surface area contributed by atoms with E-state index in [2.05, 4.69) is 4.98 Å². The smallest absolute Gasteiger partial charge is 0.318 e. The third-order valence-electron chi connectivity index (χ3n) is 3.07. The first kappa shape index (κ1) is 14.1. The molecule has 7 heteroatoms. The molecule has 0 unspecified atom stereocenters. The van der Waals surface area contributed by atoms with E-state index in [4.69, 9.17) is 0 Å². The molecule has 0 saturated heterocycles. The summed E-state index contributed by atoms with van der Waals surface area (Å²) in [6, 6.07) is 11.6. The van der Waals surface area contributed by atoms with E-state index >= 15 is 0 Å². The first-order chi connectivity index (χ1) is 10.4. The van der Waals surface area contributed by atoms with Gasteiger partial charge in [-0.25, -0.2) is 4.98 Å². The average Bonchev–Trinajstić information content (AvgIpc) is 2.90. The van der Waals surface area contributed by atoms with Gasteiger partial charge in [0.05, 0.1) is 11.4 Å². The van der Waals surface area contributed by atoms with Gasteiger partial charge in [0.1, 0.15) is 5.65 Å². The van der Waals surface area contributed by atoms with E-state index in [9.17, 15) is 18.0 Å². The first-order valence-corrected chi connectivity index (χ1v) is 6.36. The predicted molar refractivity (Wildman–Crippen MR) is 75.3 cm³/mol. The van der Waals surface area contributed by atoms with Gasteiger partial charge in [-0.1, -0.05) is 24.3 Å². The molecule has 1 amide bonds. The number of hydrogen-bond acceptors (Lipinski definition) is 2. The van der Waals surface area contributed by atoms with E-state index < -0.39 is 12.1 Å². The molecule has 2 heterocycles. The molecule has 0 aliphatic rings. The van der Waals surface area contributed by atoms with Gasteiger partial charge in [0.2, 0.25) is 0 Å². The quantitative estimate of drug-likeness (QED) is 0.787. The van der Waals surface area contributed by atoms with E-state index in [0.717, 1.165) is 0 Å². The second-order valence-corrected chi connectivity index (χ2v) is 4.59. The number of alkyl halides is 3. The predicted octanol–water partition coefficient (Wildman–Crippen LogP) is 3.50. The Morgan fingerprint density at radius 2 is 1.82 bits per heavy atom. The summed E-state index contributed by atoms with van der Waals surface area (Å²) in [7, 11) is 0. The summed E-state index contributed by atoms with van der Waals surface area (Å²) in [6.45, 7) is 0. The van der Waals surface area contributed by atoms with E-state index in [1.165, 1.54) is 6.07 Å². The van der Waals surface area contributed by atoms with Crippen LogP contribution in [-0.2, 0) is 4.79 Å². The van der Waals surface area contributed by atoms with E-state index in [0.29, 0.717) is 16.9 Å². The van der Waals surface area contributed by atoms with Crippen LogP contribution in [-0.4, -0.2) is 21.5 Å². The van der Waals surface area contributed by atoms with Crippen LogP contribution in [0.15, 0.2) is 54.9 Å². The molecule has 3 aromatic rings. The molecule has 4 nitrogen and oxygen atoms in total. The van der Waals surface area contributed by atoms with Gasteiger partial charge in [0.15, 0.2) is 0 Å². The number of rotatable bonds is 2. The Bertz CT molecular complexity index is 806. The Hall–Kier alpha value is -2.83. The third kappa shape index (κ3) is 2.65. The summed E-state index contributed by atoms with van der Waals surface area (Å²) >= 11 is 0. The fourth-order valence-electron chi connectivity index (χ4n) is 2.07. The van der Waals surface area contributed by atoms with Crippen LogP contribution < -0.4 is 5.32 Å². The number of imidazole rings is 1. The molecule has 0 bridgehead atoms. The van der Waals surface area contributed by atoms with Gasteiger partial charge >= 0.3 is 12.1 Å². The summed E-state index contributed by atoms with van der Waals surface area (Å²) in [5, 5.41) is 1.88. The van der Waals surface area contributed by atoms with Crippen molar-refractivity contribution in [3.63, 3.8) is 0 Å². The van der Waals surface area contributed by atoms with Crippen LogP contribution >= 0.6 is 0 Å². The molecule has 22 heavy (non-hydrogen) atoms. The number of hydrogen-bond donors (Lipinski definition) is 1. The Morgan fingerprint density at radius 3 is 2.55 bits per heavy atom. The Kier molecular flexibility index (Phi) is 3.32. The van der Waals surface area contributed by atoms with Gasteiger partial charge in [0, 0.05) is 18.0 Å². The molecule has 3 rings (SSSR count). The largest absolute Gasteiger partial charge is 0.471 e. The molecule has 1 aromatic carbocycles. The van der Waals surface area contributed by atoms with Crippen LogP contribution in [0.5, 0.6) is 0 Å². The first-order valence-electron chi connectivity index (χ1n) is 6.36. The van der Waals surface area contributed by atoms with Crippen molar-refractivity contribution in [3.05, 3.63) is 54.9 Å². The standard InChI is InChI=1S/C15H10F3N3O/c16-15(17,18)14(22)20-11-6-2-1-5-10(11)12-9-21-8-4-3-7-13(21)19-12/h1-9H,(H,20,22). The number of benzene rings is 1. The lowest BCUT2D eigenvalue weighted by atomic mass is 10.1. The average molecular weight is 305 g/mol. The fourth-order valence-corrected chi connectivity index (χ4v) is 2.07. The number of nitrogens with zero attached hydrogens (tertiary/aromatic N) is 2. The number of fused-ring (bicyclic) bond motifs is 1. The van der Waals surface area contributed by atoms with E-state index in [1.54, 1.807) is 41.1 Å². The topological polar surface area (TPSA) is 46.4 Å². The number of carbonyl (C=O) groups is 1. The molecule has 0 aliphatic carbocycles. The van der Waals surface area contributed by atoms with Crippen molar-refractivity contribution in [2.75, 3.05) is 5.32 Å². The number of para-hydroxylation sites is 1. The lowest BCUT2D eigenvalue weighted by Gasteiger charge is -2.11. The summed E-state index contributed by atoms with van der Waals surface area (Å²) in [6.07, 6.45) is -1.47. The number of nitrogens with one attached hydrogen (secondary N) is 1. The van der Waals surface area contributed by atoms with E-state index in [-0.39, 0.29) is 5.69 Å². The second kappa shape index (κ2) is 5.18. The molecule has 2 aromatic heterocycles. The number of amides is 1. The van der Waals surface area contributed by atoms with Crippen LogP contribution in [0.1, 0.15) is 0 Å². The number of halogens is 3. The highest BCUT2D eigenvalue weighted by Crippen LogP contribution is 2.28. The van der Waals surface area contributed by atoms with Gasteiger partial charge < -0.3 is 9.72 Å². The normalized spacial score (nSPS) is 11.6. The Morgan fingerprint density at radius 1 is 1.09 bits per heavy atom. The van der Waals surface area contributed by atoms with E-state index in [1.807, 2.05) is 17.4 Å². The minimum Gasteiger partial charge on any atom is -0.318 e. The fraction of sp³-hybridized carbons (Fsp3) is 0.0667. The summed E-state index contributed by atoms with van der Waals surface area (Å²) < 4.78 is 39.0. The highest BCUT2D eigenvalue weighted by atomic mass is 19.4. The summed E-state index contributed by atoms with van der Waals surface area (Å²) in [5.74, 6) is -2.01. The van der Waals surface area contributed by atoms with Crippen molar-refractivity contribution in [1.29, 1.82) is 0 Å². The minimum atomic E-state index is -4.94. The maximum atomic E-state index is 12.4.